The minimum absolute atomic E-state index is 0.0836. The average molecular weight is 534 g/mol. The number of urea groups is 1. The van der Waals surface area contributed by atoms with Crippen LogP contribution in [0.4, 0.5) is 32.8 Å². The number of halogens is 4. The van der Waals surface area contributed by atoms with Gasteiger partial charge >= 0.3 is 18.3 Å². The molecule has 200 valence electrons. The van der Waals surface area contributed by atoms with Crippen molar-refractivity contribution in [2.75, 3.05) is 11.9 Å². The van der Waals surface area contributed by atoms with Crippen LogP contribution in [0.3, 0.4) is 0 Å². The first-order valence-electron chi connectivity index (χ1n) is 11.8. The summed E-state index contributed by atoms with van der Waals surface area (Å²) in [7, 11) is 0. The minimum atomic E-state index is -4.79. The number of hydrogen-bond acceptors (Lipinski definition) is 5. The van der Waals surface area contributed by atoms with Crippen LogP contribution in [0.2, 0.25) is 0 Å². The number of alkyl halides is 3. The number of nitrogens with zero attached hydrogens (tertiary/aromatic N) is 2. The molecule has 0 aromatic heterocycles. The first-order chi connectivity index (χ1) is 17.9. The van der Waals surface area contributed by atoms with Gasteiger partial charge in [0.05, 0.1) is 0 Å². The first kappa shape index (κ1) is 25.5. The fourth-order valence-corrected chi connectivity index (χ4v) is 5.09. The number of amides is 5. The van der Waals surface area contributed by atoms with Gasteiger partial charge in [-0.2, -0.15) is 13.2 Å². The van der Waals surface area contributed by atoms with Crippen molar-refractivity contribution < 1.29 is 41.5 Å². The molecule has 0 bridgehead atoms. The van der Waals surface area contributed by atoms with Crippen LogP contribution in [0.1, 0.15) is 35.6 Å². The Morgan fingerprint density at radius 1 is 1.13 bits per heavy atom. The Hall–Kier alpha value is -4.16. The molecule has 38 heavy (non-hydrogen) atoms. The second-order valence-corrected chi connectivity index (χ2v) is 9.38. The lowest BCUT2D eigenvalue weighted by Gasteiger charge is -2.31. The number of carbonyl (C=O) groups is 4. The van der Waals surface area contributed by atoms with Crippen molar-refractivity contribution in [3.8, 4) is 0 Å². The molecule has 1 saturated heterocycles. The number of hydrogen-bond donors (Lipinski definition) is 2. The van der Waals surface area contributed by atoms with Gasteiger partial charge in [-0.05, 0) is 48.2 Å². The van der Waals surface area contributed by atoms with E-state index in [0.29, 0.717) is 33.0 Å². The molecule has 0 saturated carbocycles. The number of nitrogens with one attached hydrogen (secondary N) is 2. The number of fused-ring (bicyclic) bond motifs is 4. The lowest BCUT2D eigenvalue weighted by atomic mass is 9.92. The molecule has 2 aliphatic heterocycles. The number of rotatable bonds is 5. The van der Waals surface area contributed by atoms with E-state index in [9.17, 15) is 36.7 Å². The molecule has 9 nitrogen and oxygen atoms in total. The summed E-state index contributed by atoms with van der Waals surface area (Å²) in [6, 6.07) is 5.13. The molecular formula is C25H22F4N4O5. The SMILES string of the molecule is C[C@H](N(Cc1ccc(F)cc1)C(=O)CN1C(=O)OC2(CCc3c2ccc2c3CNC(=O)N2)C1=O)C(F)(F)F. The molecular weight excluding hydrogens is 512 g/mol. The fourth-order valence-electron chi connectivity index (χ4n) is 5.09. The van der Waals surface area contributed by atoms with E-state index < -0.39 is 54.6 Å². The Labute approximate surface area is 213 Å². The molecule has 13 heteroatoms. The highest BCUT2D eigenvalue weighted by molar-refractivity contribution is 6.06. The number of imide groups is 1. The predicted molar refractivity (Wildman–Crippen MR) is 123 cm³/mol. The van der Waals surface area contributed by atoms with Gasteiger partial charge in [0.15, 0.2) is 0 Å². The molecule has 1 spiro atoms. The zero-order valence-corrected chi connectivity index (χ0v) is 20.0. The quantitative estimate of drug-likeness (QED) is 0.571. The lowest BCUT2D eigenvalue weighted by Crippen LogP contribution is -2.51. The normalized spacial score (nSPS) is 21.0. The average Bonchev–Trinajstić information content (AvgIpc) is 3.35. The number of carbonyl (C=O) groups excluding carboxylic acids is 4. The summed E-state index contributed by atoms with van der Waals surface area (Å²) in [5, 5.41) is 5.31. The topological polar surface area (TPSA) is 108 Å². The molecule has 5 amide bonds. The molecule has 2 N–H and O–H groups in total. The van der Waals surface area contributed by atoms with Crippen LogP contribution in [-0.2, 0) is 39.4 Å². The maximum atomic E-state index is 13.6. The Morgan fingerprint density at radius 2 is 1.84 bits per heavy atom. The van der Waals surface area contributed by atoms with Crippen molar-refractivity contribution in [2.24, 2.45) is 0 Å². The van der Waals surface area contributed by atoms with Crippen molar-refractivity contribution in [1.29, 1.82) is 0 Å². The Balaban J connectivity index is 1.40. The second kappa shape index (κ2) is 8.99. The van der Waals surface area contributed by atoms with Crippen molar-refractivity contribution in [2.45, 2.75) is 50.7 Å². The van der Waals surface area contributed by atoms with E-state index >= 15 is 0 Å². The largest absolute Gasteiger partial charge is 0.427 e. The van der Waals surface area contributed by atoms with E-state index in [-0.39, 0.29) is 24.6 Å². The van der Waals surface area contributed by atoms with Gasteiger partial charge in [-0.3, -0.25) is 9.59 Å². The molecule has 3 aliphatic rings. The van der Waals surface area contributed by atoms with Gasteiger partial charge in [0.1, 0.15) is 18.4 Å². The monoisotopic (exact) mass is 534 g/mol. The van der Waals surface area contributed by atoms with Gasteiger partial charge in [0.2, 0.25) is 11.5 Å². The lowest BCUT2D eigenvalue weighted by molar-refractivity contribution is -0.187. The Bertz CT molecular complexity index is 1350. The summed E-state index contributed by atoms with van der Waals surface area (Å²) < 4.78 is 59.6. The summed E-state index contributed by atoms with van der Waals surface area (Å²) in [5.41, 5.74) is 0.952. The Kier molecular flexibility index (Phi) is 6.03. The van der Waals surface area contributed by atoms with Crippen LogP contribution in [0.25, 0.3) is 0 Å². The minimum Gasteiger partial charge on any atom is -0.427 e. The molecule has 2 heterocycles. The van der Waals surface area contributed by atoms with Crippen LogP contribution >= 0.6 is 0 Å². The highest BCUT2D eigenvalue weighted by Crippen LogP contribution is 2.48. The Morgan fingerprint density at radius 3 is 2.53 bits per heavy atom. The van der Waals surface area contributed by atoms with Gasteiger partial charge in [0, 0.05) is 30.8 Å². The molecule has 2 aromatic carbocycles. The van der Waals surface area contributed by atoms with E-state index in [4.69, 9.17) is 4.74 Å². The highest BCUT2D eigenvalue weighted by Gasteiger charge is 2.59. The summed E-state index contributed by atoms with van der Waals surface area (Å²) in [6.07, 6.45) is -5.50. The van der Waals surface area contributed by atoms with Gasteiger partial charge < -0.3 is 20.3 Å². The summed E-state index contributed by atoms with van der Waals surface area (Å²) in [5.74, 6) is -2.57. The van der Waals surface area contributed by atoms with E-state index in [1.807, 2.05) is 0 Å². The maximum absolute atomic E-state index is 13.6. The molecule has 5 rings (SSSR count). The zero-order valence-electron chi connectivity index (χ0n) is 20.0. The van der Waals surface area contributed by atoms with Crippen LogP contribution in [0.15, 0.2) is 36.4 Å². The van der Waals surface area contributed by atoms with E-state index in [0.717, 1.165) is 24.6 Å². The fraction of sp³-hybridized carbons (Fsp3) is 0.360. The molecule has 1 aliphatic carbocycles. The first-order valence-corrected chi connectivity index (χ1v) is 11.8. The van der Waals surface area contributed by atoms with Crippen LogP contribution in [0, 0.1) is 5.82 Å². The van der Waals surface area contributed by atoms with Gasteiger partial charge in [-0.15, -0.1) is 0 Å². The number of benzene rings is 2. The van der Waals surface area contributed by atoms with E-state index in [1.165, 1.54) is 12.1 Å². The molecule has 1 fully saturated rings. The third kappa shape index (κ3) is 4.21. The van der Waals surface area contributed by atoms with Crippen LogP contribution in [0.5, 0.6) is 0 Å². The third-order valence-electron chi connectivity index (χ3n) is 7.16. The maximum Gasteiger partial charge on any atom is 0.418 e. The zero-order chi connectivity index (χ0) is 27.4. The molecule has 1 unspecified atom stereocenters. The van der Waals surface area contributed by atoms with Crippen molar-refractivity contribution in [3.63, 3.8) is 0 Å². The molecule has 0 radical (unpaired) electrons. The number of anilines is 1. The van der Waals surface area contributed by atoms with Gasteiger partial charge in [-0.1, -0.05) is 18.2 Å². The van der Waals surface area contributed by atoms with Crippen molar-refractivity contribution in [3.05, 3.63) is 64.5 Å². The van der Waals surface area contributed by atoms with Gasteiger partial charge in [0.25, 0.3) is 5.91 Å². The van der Waals surface area contributed by atoms with Crippen molar-refractivity contribution >= 4 is 29.6 Å². The van der Waals surface area contributed by atoms with E-state index in [1.54, 1.807) is 12.1 Å². The molecule has 2 aromatic rings. The van der Waals surface area contributed by atoms with Gasteiger partial charge in [-0.25, -0.2) is 18.9 Å². The highest BCUT2D eigenvalue weighted by atomic mass is 19.4. The standard InChI is InChI=1S/C25H22F4N4O5/c1-13(25(27,28)29)32(11-14-2-4-15(26)5-3-14)20(34)12-33-21(35)24(38-23(33)37)9-8-16-17-10-30-22(36)31-19(17)7-6-18(16)24/h2-7,13H,8-12H2,1H3,(H2,30,31,36)/t13-,24?/m0/s1. The van der Waals surface area contributed by atoms with E-state index in [2.05, 4.69) is 10.6 Å². The van der Waals surface area contributed by atoms with Crippen LogP contribution in [-0.4, -0.2) is 52.5 Å². The molecule has 2 atom stereocenters. The summed E-state index contributed by atoms with van der Waals surface area (Å²) in [4.78, 5) is 52.1. The smallest absolute Gasteiger partial charge is 0.418 e. The predicted octanol–water partition coefficient (Wildman–Crippen LogP) is 3.56. The number of ether oxygens (including phenoxy) is 1. The third-order valence-corrected chi connectivity index (χ3v) is 7.16. The summed E-state index contributed by atoms with van der Waals surface area (Å²) in [6.45, 7) is -0.483. The summed E-state index contributed by atoms with van der Waals surface area (Å²) >= 11 is 0. The second-order valence-electron chi connectivity index (χ2n) is 9.38. The van der Waals surface area contributed by atoms with Crippen molar-refractivity contribution in [1.82, 2.24) is 15.1 Å². The van der Waals surface area contributed by atoms with Crippen LogP contribution < -0.4 is 10.6 Å².